The van der Waals surface area contributed by atoms with Gasteiger partial charge >= 0.3 is 0 Å². The maximum atomic E-state index is 5.32. The lowest BCUT2D eigenvalue weighted by molar-refractivity contribution is 0.372. The van der Waals surface area contributed by atoms with E-state index in [2.05, 4.69) is 22.6 Å². The Hall–Kier alpha value is -1.29. The fourth-order valence-electron chi connectivity index (χ4n) is 1.79. The van der Waals surface area contributed by atoms with Crippen LogP contribution in [0.1, 0.15) is 24.1 Å². The molecule has 1 aromatic rings. The van der Waals surface area contributed by atoms with Crippen LogP contribution in [-0.4, -0.2) is 29.5 Å². The first kappa shape index (κ1) is 11.2. The Balaban J connectivity index is 2.00. The van der Waals surface area contributed by atoms with Gasteiger partial charge in [0.15, 0.2) is 0 Å². The van der Waals surface area contributed by atoms with E-state index in [4.69, 9.17) is 4.74 Å². The van der Waals surface area contributed by atoms with Crippen molar-refractivity contribution in [3.8, 4) is 5.88 Å². The minimum atomic E-state index is 0.751. The lowest BCUT2D eigenvalue weighted by atomic mass is 10.2. The molecule has 0 aromatic carbocycles. The van der Waals surface area contributed by atoms with Crippen LogP contribution in [0.3, 0.4) is 0 Å². The molecule has 88 valence electrons. The molecule has 1 aliphatic rings. The summed E-state index contributed by atoms with van der Waals surface area (Å²) in [5.41, 5.74) is 2.07. The number of nitrogens with one attached hydrogen (secondary N) is 1. The molecule has 1 heterocycles. The summed E-state index contributed by atoms with van der Waals surface area (Å²) in [6.07, 6.45) is 6.85. The summed E-state index contributed by atoms with van der Waals surface area (Å²) >= 11 is 0. The molecule has 0 unspecified atom stereocenters. The molecule has 0 spiro atoms. The van der Waals surface area contributed by atoms with Gasteiger partial charge in [0.05, 0.1) is 18.4 Å². The van der Waals surface area contributed by atoms with Crippen molar-refractivity contribution in [1.82, 2.24) is 15.1 Å². The minimum Gasteiger partial charge on any atom is -0.481 e. The van der Waals surface area contributed by atoms with Gasteiger partial charge in [-0.15, -0.1) is 0 Å². The highest BCUT2D eigenvalue weighted by molar-refractivity contribution is 5.57. The zero-order chi connectivity index (χ0) is 11.5. The fraction of sp³-hybridized carbons (Fsp3) is 0.583. The monoisotopic (exact) mass is 221 g/mol. The van der Waals surface area contributed by atoms with Gasteiger partial charge in [-0.05, 0) is 19.8 Å². The molecule has 0 aliphatic heterocycles. The van der Waals surface area contributed by atoms with Gasteiger partial charge in [-0.1, -0.05) is 12.2 Å². The van der Waals surface area contributed by atoms with Crippen molar-refractivity contribution in [2.75, 3.05) is 13.7 Å². The normalized spacial score (nSPS) is 15.9. The third-order valence-corrected chi connectivity index (χ3v) is 2.79. The Morgan fingerprint density at radius 2 is 2.31 bits per heavy atom. The first-order valence-corrected chi connectivity index (χ1v) is 5.70. The number of aryl methyl sites for hydroxylation is 2. The maximum absolute atomic E-state index is 5.32. The maximum Gasteiger partial charge on any atom is 0.218 e. The Kier molecular flexibility index (Phi) is 3.29. The van der Waals surface area contributed by atoms with Crippen molar-refractivity contribution in [1.29, 1.82) is 0 Å². The molecule has 1 aromatic heterocycles. The van der Waals surface area contributed by atoms with Gasteiger partial charge in [0.1, 0.15) is 0 Å². The van der Waals surface area contributed by atoms with Crippen LogP contribution in [0.25, 0.3) is 6.08 Å². The van der Waals surface area contributed by atoms with Gasteiger partial charge in [0.25, 0.3) is 0 Å². The molecule has 2 rings (SSSR count). The number of hydrogen-bond acceptors (Lipinski definition) is 3. The fourth-order valence-corrected chi connectivity index (χ4v) is 1.79. The highest BCUT2D eigenvalue weighted by Crippen LogP contribution is 2.22. The topological polar surface area (TPSA) is 39.1 Å². The van der Waals surface area contributed by atoms with Crippen molar-refractivity contribution < 1.29 is 4.74 Å². The van der Waals surface area contributed by atoms with Crippen LogP contribution >= 0.6 is 0 Å². The Bertz CT molecular complexity index is 391. The molecule has 1 fully saturated rings. The molecule has 0 bridgehead atoms. The summed E-state index contributed by atoms with van der Waals surface area (Å²) in [5, 5.41) is 7.76. The molecule has 16 heavy (non-hydrogen) atoms. The first-order valence-electron chi connectivity index (χ1n) is 5.70. The average Bonchev–Trinajstić information content (AvgIpc) is 3.01. The molecular weight excluding hydrogens is 202 g/mol. The standard InChI is InChI=1S/C12H19N3O/c1-9-11(12(16-3)15(2)14-9)5-4-8-13-10-6-7-10/h4-5,10,13H,6-8H2,1-3H3/b5-4+. The van der Waals surface area contributed by atoms with E-state index in [1.807, 2.05) is 14.0 Å². The Morgan fingerprint density at radius 3 is 2.94 bits per heavy atom. The largest absolute Gasteiger partial charge is 0.481 e. The van der Waals surface area contributed by atoms with Gasteiger partial charge in [-0.25, -0.2) is 4.68 Å². The number of ether oxygens (including phenoxy) is 1. The Labute approximate surface area is 96.3 Å². The van der Waals surface area contributed by atoms with E-state index >= 15 is 0 Å². The van der Waals surface area contributed by atoms with Crippen molar-refractivity contribution in [2.45, 2.75) is 25.8 Å². The molecule has 0 radical (unpaired) electrons. The summed E-state index contributed by atoms with van der Waals surface area (Å²) < 4.78 is 7.08. The van der Waals surface area contributed by atoms with Crippen LogP contribution in [0.4, 0.5) is 0 Å². The zero-order valence-corrected chi connectivity index (χ0v) is 10.2. The smallest absolute Gasteiger partial charge is 0.218 e. The van der Waals surface area contributed by atoms with Gasteiger partial charge in [0, 0.05) is 19.6 Å². The van der Waals surface area contributed by atoms with Crippen molar-refractivity contribution in [3.63, 3.8) is 0 Å². The van der Waals surface area contributed by atoms with Gasteiger partial charge < -0.3 is 10.1 Å². The minimum absolute atomic E-state index is 0.751. The molecule has 0 saturated heterocycles. The highest BCUT2D eigenvalue weighted by Gasteiger charge is 2.19. The number of methoxy groups -OCH3 is 1. The number of rotatable bonds is 5. The molecule has 4 nitrogen and oxygen atoms in total. The number of aromatic nitrogens is 2. The quantitative estimate of drug-likeness (QED) is 0.819. The average molecular weight is 221 g/mol. The number of hydrogen-bond donors (Lipinski definition) is 1. The zero-order valence-electron chi connectivity index (χ0n) is 10.2. The third kappa shape index (κ3) is 2.44. The summed E-state index contributed by atoms with van der Waals surface area (Å²) in [5.74, 6) is 0.820. The molecule has 0 atom stereocenters. The molecule has 1 aliphatic carbocycles. The van der Waals surface area contributed by atoms with Crippen LogP contribution < -0.4 is 10.1 Å². The van der Waals surface area contributed by atoms with E-state index < -0.39 is 0 Å². The van der Waals surface area contributed by atoms with E-state index in [0.29, 0.717) is 0 Å². The van der Waals surface area contributed by atoms with Gasteiger partial charge in [-0.3, -0.25) is 0 Å². The van der Waals surface area contributed by atoms with Crippen molar-refractivity contribution >= 4 is 6.08 Å². The van der Waals surface area contributed by atoms with Crippen LogP contribution in [0.5, 0.6) is 5.88 Å². The lowest BCUT2D eigenvalue weighted by Gasteiger charge is -2.01. The summed E-state index contributed by atoms with van der Waals surface area (Å²) in [6.45, 7) is 2.92. The molecule has 0 amide bonds. The lowest BCUT2D eigenvalue weighted by Crippen LogP contribution is -2.15. The SMILES string of the molecule is COc1c(/C=C/CNC2CC2)c(C)nn1C. The van der Waals surface area contributed by atoms with Crippen LogP contribution in [0.15, 0.2) is 6.08 Å². The van der Waals surface area contributed by atoms with E-state index in [0.717, 1.165) is 29.7 Å². The van der Waals surface area contributed by atoms with Crippen LogP contribution in [0.2, 0.25) is 0 Å². The van der Waals surface area contributed by atoms with Crippen molar-refractivity contribution in [3.05, 3.63) is 17.3 Å². The molecule has 1 saturated carbocycles. The molecular formula is C12H19N3O. The predicted octanol–water partition coefficient (Wildman–Crippen LogP) is 1.50. The highest BCUT2D eigenvalue weighted by atomic mass is 16.5. The van der Waals surface area contributed by atoms with Gasteiger partial charge in [-0.2, -0.15) is 5.10 Å². The third-order valence-electron chi connectivity index (χ3n) is 2.79. The summed E-state index contributed by atoms with van der Waals surface area (Å²) in [7, 11) is 3.57. The summed E-state index contributed by atoms with van der Waals surface area (Å²) in [6, 6.07) is 0.751. The summed E-state index contributed by atoms with van der Waals surface area (Å²) in [4.78, 5) is 0. The Morgan fingerprint density at radius 1 is 1.56 bits per heavy atom. The van der Waals surface area contributed by atoms with Crippen LogP contribution in [0, 0.1) is 6.92 Å². The number of nitrogens with zero attached hydrogens (tertiary/aromatic N) is 2. The molecule has 4 heteroatoms. The first-order chi connectivity index (χ1) is 7.72. The van der Waals surface area contributed by atoms with Gasteiger partial charge in [0.2, 0.25) is 5.88 Å². The van der Waals surface area contributed by atoms with Crippen LogP contribution in [-0.2, 0) is 7.05 Å². The van der Waals surface area contributed by atoms with E-state index in [9.17, 15) is 0 Å². The second-order valence-corrected chi connectivity index (χ2v) is 4.22. The second-order valence-electron chi connectivity index (χ2n) is 4.22. The predicted molar refractivity (Wildman–Crippen MR) is 64.6 cm³/mol. The molecule has 1 N–H and O–H groups in total. The van der Waals surface area contributed by atoms with E-state index in [-0.39, 0.29) is 0 Å². The van der Waals surface area contributed by atoms with E-state index in [1.165, 1.54) is 12.8 Å². The van der Waals surface area contributed by atoms with E-state index in [1.54, 1.807) is 11.8 Å². The van der Waals surface area contributed by atoms with Crippen molar-refractivity contribution in [2.24, 2.45) is 7.05 Å². The second kappa shape index (κ2) is 4.70.